The van der Waals surface area contributed by atoms with Gasteiger partial charge in [0.15, 0.2) is 0 Å². The summed E-state index contributed by atoms with van der Waals surface area (Å²) in [5, 5.41) is 14.1. The van der Waals surface area contributed by atoms with Crippen LogP contribution in [0.5, 0.6) is 11.6 Å². The van der Waals surface area contributed by atoms with Crippen molar-refractivity contribution in [1.29, 1.82) is 0 Å². The molecule has 1 aliphatic carbocycles. The predicted octanol–water partition coefficient (Wildman–Crippen LogP) is 4.26. The van der Waals surface area contributed by atoms with Gasteiger partial charge in [-0.25, -0.2) is 18.7 Å². The molecule has 9 heteroatoms. The summed E-state index contributed by atoms with van der Waals surface area (Å²) in [7, 11) is 1.49. The molecular weight excluding hydrogens is 452 g/mol. The number of rotatable bonds is 6. The van der Waals surface area contributed by atoms with Crippen LogP contribution in [0, 0.1) is 5.82 Å². The number of fused-ring (bicyclic) bond motifs is 2. The van der Waals surface area contributed by atoms with Gasteiger partial charge in [-0.1, -0.05) is 0 Å². The van der Waals surface area contributed by atoms with Gasteiger partial charge in [0.1, 0.15) is 23.6 Å². The maximum atomic E-state index is 15.3. The van der Waals surface area contributed by atoms with Gasteiger partial charge in [-0.2, -0.15) is 0 Å². The second kappa shape index (κ2) is 8.71. The van der Waals surface area contributed by atoms with Gasteiger partial charge in [-0.3, -0.25) is 4.98 Å². The van der Waals surface area contributed by atoms with Crippen molar-refractivity contribution in [3.8, 4) is 34.0 Å². The van der Waals surface area contributed by atoms with E-state index in [-0.39, 0.29) is 35.0 Å². The minimum atomic E-state index is -0.951. The number of ether oxygens (including phenoxy) is 1. The van der Waals surface area contributed by atoms with Gasteiger partial charge in [0.25, 0.3) is 0 Å². The molecule has 4 atom stereocenters. The molecule has 0 amide bonds. The largest absolute Gasteiger partial charge is 0.507 e. The second-order valence-corrected chi connectivity index (χ2v) is 9.63. The molecule has 2 N–H and O–H groups in total. The zero-order valence-corrected chi connectivity index (χ0v) is 19.4. The highest BCUT2D eigenvalue weighted by atomic mass is 19.1. The van der Waals surface area contributed by atoms with Crippen LogP contribution in [0.2, 0.25) is 0 Å². The third-order valence-corrected chi connectivity index (χ3v) is 7.37. The number of nitrogens with zero attached hydrogens (tertiary/aromatic N) is 4. The molecule has 2 saturated heterocycles. The van der Waals surface area contributed by atoms with Crippen molar-refractivity contribution in [3.63, 3.8) is 0 Å². The first-order valence-electron chi connectivity index (χ1n) is 12.1. The number of nitrogens with one attached hydrogen (secondary N) is 1. The van der Waals surface area contributed by atoms with Gasteiger partial charge in [0.05, 0.1) is 31.2 Å². The average molecular weight is 480 g/mol. The van der Waals surface area contributed by atoms with Gasteiger partial charge in [0.2, 0.25) is 5.88 Å². The summed E-state index contributed by atoms with van der Waals surface area (Å²) >= 11 is 0. The van der Waals surface area contributed by atoms with Crippen LogP contribution >= 0.6 is 0 Å². The molecule has 7 nitrogen and oxygen atoms in total. The van der Waals surface area contributed by atoms with Crippen LogP contribution < -0.4 is 15.0 Å². The molecule has 1 saturated carbocycles. The molecule has 3 aliphatic rings. The fourth-order valence-electron chi connectivity index (χ4n) is 5.49. The van der Waals surface area contributed by atoms with E-state index in [9.17, 15) is 5.11 Å². The van der Waals surface area contributed by atoms with Crippen molar-refractivity contribution in [2.24, 2.45) is 0 Å². The average Bonchev–Trinajstić information content (AvgIpc) is 3.63. The van der Waals surface area contributed by atoms with Crippen molar-refractivity contribution in [3.05, 3.63) is 48.7 Å². The van der Waals surface area contributed by atoms with Crippen LogP contribution in [0.15, 0.2) is 42.9 Å². The standard InChI is InChI=1S/C26H27F2N5O2/c1-35-25-8-14(6-7-29-25)17-11-23(34)18(10-19(17)27)21-12-31-24(13-30-21)33(16-3-4-16)22-9-15-2-5-20(32-15)26(22)28/h6-8,10-13,15-16,20,22,26,32,34H,2-5,9H2,1H3/t15-,20+,22-,26+/m1/s1. The lowest BCUT2D eigenvalue weighted by molar-refractivity contribution is 0.171. The number of phenols is 1. The highest BCUT2D eigenvalue weighted by Crippen LogP contribution is 2.40. The molecule has 2 aromatic heterocycles. The molecule has 0 radical (unpaired) electrons. The molecule has 3 fully saturated rings. The van der Waals surface area contributed by atoms with Crippen molar-refractivity contribution >= 4 is 5.82 Å². The summed E-state index contributed by atoms with van der Waals surface area (Å²) in [5.41, 5.74) is 1.36. The fraction of sp³-hybridized carbons (Fsp3) is 0.423. The van der Waals surface area contributed by atoms with E-state index < -0.39 is 12.0 Å². The molecule has 2 bridgehead atoms. The van der Waals surface area contributed by atoms with Gasteiger partial charge in [-0.05, 0) is 55.9 Å². The molecule has 182 valence electrons. The quantitative estimate of drug-likeness (QED) is 0.547. The lowest BCUT2D eigenvalue weighted by atomic mass is 9.96. The summed E-state index contributed by atoms with van der Waals surface area (Å²) < 4.78 is 35.5. The van der Waals surface area contributed by atoms with E-state index in [2.05, 4.69) is 25.2 Å². The molecule has 6 rings (SSSR count). The minimum absolute atomic E-state index is 0.0916. The summed E-state index contributed by atoms with van der Waals surface area (Å²) in [6.45, 7) is 0. The number of pyridine rings is 1. The normalized spacial score (nSPS) is 25.5. The Morgan fingerprint density at radius 3 is 2.66 bits per heavy atom. The van der Waals surface area contributed by atoms with Crippen molar-refractivity contribution < 1.29 is 18.6 Å². The Hall–Kier alpha value is -3.33. The number of benzene rings is 1. The number of aromatic hydroxyl groups is 1. The van der Waals surface area contributed by atoms with Crippen LogP contribution in [-0.4, -0.2) is 57.5 Å². The Bertz CT molecular complexity index is 1240. The Kier molecular flexibility index (Phi) is 5.51. The van der Waals surface area contributed by atoms with Crippen molar-refractivity contribution in [2.75, 3.05) is 12.0 Å². The maximum Gasteiger partial charge on any atom is 0.213 e. The topological polar surface area (TPSA) is 83.4 Å². The first-order chi connectivity index (χ1) is 17.0. The number of methoxy groups -OCH3 is 1. The van der Waals surface area contributed by atoms with Crippen molar-refractivity contribution in [1.82, 2.24) is 20.3 Å². The second-order valence-electron chi connectivity index (χ2n) is 9.63. The monoisotopic (exact) mass is 479 g/mol. The van der Waals surface area contributed by atoms with Crippen molar-refractivity contribution in [2.45, 2.75) is 62.4 Å². The smallest absolute Gasteiger partial charge is 0.213 e. The third-order valence-electron chi connectivity index (χ3n) is 7.37. The zero-order valence-electron chi connectivity index (χ0n) is 19.4. The molecule has 0 unspecified atom stereocenters. The van der Waals surface area contributed by atoms with Gasteiger partial charge >= 0.3 is 0 Å². The van der Waals surface area contributed by atoms with E-state index in [4.69, 9.17) is 4.74 Å². The van der Waals surface area contributed by atoms with Gasteiger partial charge < -0.3 is 20.1 Å². The summed E-state index contributed by atoms with van der Waals surface area (Å²) in [5.74, 6) is 0.356. The number of hydrogen-bond donors (Lipinski definition) is 2. The van der Waals surface area contributed by atoms with E-state index in [1.807, 2.05) is 0 Å². The lowest BCUT2D eigenvalue weighted by Crippen LogP contribution is -2.57. The highest BCUT2D eigenvalue weighted by Gasteiger charge is 2.48. The third kappa shape index (κ3) is 4.07. The number of phenolic OH excluding ortho intramolecular Hbond substituents is 1. The number of hydrogen-bond acceptors (Lipinski definition) is 7. The number of anilines is 1. The summed E-state index contributed by atoms with van der Waals surface area (Å²) in [4.78, 5) is 15.2. The van der Waals surface area contributed by atoms with E-state index in [1.54, 1.807) is 18.3 Å². The number of alkyl halides is 1. The Labute approximate surface area is 202 Å². The summed E-state index contributed by atoms with van der Waals surface area (Å²) in [6.07, 6.45) is 8.38. The Morgan fingerprint density at radius 2 is 1.91 bits per heavy atom. The Balaban J connectivity index is 1.28. The van der Waals surface area contributed by atoms with E-state index in [1.165, 1.54) is 31.6 Å². The van der Waals surface area contributed by atoms with Gasteiger partial charge in [0, 0.05) is 41.5 Å². The predicted molar refractivity (Wildman–Crippen MR) is 128 cm³/mol. The molecule has 2 aliphatic heterocycles. The zero-order chi connectivity index (χ0) is 24.1. The van der Waals surface area contributed by atoms with Crippen LogP contribution in [-0.2, 0) is 0 Å². The molecular formula is C26H27F2N5O2. The number of piperidine rings is 1. The van der Waals surface area contributed by atoms with Crippen LogP contribution in [0.25, 0.3) is 22.4 Å². The molecule has 35 heavy (non-hydrogen) atoms. The van der Waals surface area contributed by atoms with Gasteiger partial charge in [-0.15, -0.1) is 0 Å². The highest BCUT2D eigenvalue weighted by molar-refractivity contribution is 5.75. The first kappa shape index (κ1) is 22.2. The summed E-state index contributed by atoms with van der Waals surface area (Å²) in [6, 6.07) is 6.18. The molecule has 1 aromatic carbocycles. The van der Waals surface area contributed by atoms with Crippen LogP contribution in [0.4, 0.5) is 14.6 Å². The lowest BCUT2D eigenvalue weighted by Gasteiger charge is -2.41. The SMILES string of the molecule is COc1cc(-c2cc(O)c(-c3cnc(N(C4CC4)[C@@H]4C[C@H]5CC[C@H](N5)[C@@H]4F)cn3)cc2F)ccn1. The number of halogens is 2. The molecule has 0 spiro atoms. The molecule has 3 aromatic rings. The van der Waals surface area contributed by atoms with Crippen LogP contribution in [0.3, 0.4) is 0 Å². The Morgan fingerprint density at radius 1 is 1.06 bits per heavy atom. The van der Waals surface area contributed by atoms with Crippen LogP contribution in [0.1, 0.15) is 32.1 Å². The molecule has 4 heterocycles. The van der Waals surface area contributed by atoms with E-state index in [0.29, 0.717) is 29.0 Å². The fourth-order valence-corrected chi connectivity index (χ4v) is 5.49. The first-order valence-corrected chi connectivity index (χ1v) is 12.1. The van der Waals surface area contributed by atoms with E-state index >= 15 is 8.78 Å². The maximum absolute atomic E-state index is 15.3. The number of aromatic nitrogens is 3. The minimum Gasteiger partial charge on any atom is -0.507 e. The van der Waals surface area contributed by atoms with E-state index in [0.717, 1.165) is 32.1 Å².